The van der Waals surface area contributed by atoms with Crippen molar-refractivity contribution in [2.75, 3.05) is 19.0 Å². The SMILES string of the molecule is COc1ccc(CCN2C(=O)c3ccccc3N[C@H]2c2c(C)nn(C)c2C)cc1. The zero-order valence-corrected chi connectivity index (χ0v) is 17.3. The molecule has 29 heavy (non-hydrogen) atoms. The highest BCUT2D eigenvalue weighted by atomic mass is 16.5. The van der Waals surface area contributed by atoms with E-state index in [4.69, 9.17) is 4.74 Å². The summed E-state index contributed by atoms with van der Waals surface area (Å²) in [5.41, 5.74) is 5.79. The molecule has 1 N–H and O–H groups in total. The van der Waals surface area contributed by atoms with E-state index in [0.29, 0.717) is 12.1 Å². The van der Waals surface area contributed by atoms with E-state index in [1.807, 2.05) is 79.0 Å². The molecule has 0 unspecified atom stereocenters. The quantitative estimate of drug-likeness (QED) is 0.719. The number of carbonyl (C=O) groups is 1. The lowest BCUT2D eigenvalue weighted by molar-refractivity contribution is 0.0684. The van der Waals surface area contributed by atoms with E-state index in [2.05, 4.69) is 10.4 Å². The van der Waals surface area contributed by atoms with Crippen molar-refractivity contribution >= 4 is 11.6 Å². The first-order valence-electron chi connectivity index (χ1n) is 9.79. The molecule has 3 aromatic rings. The number of aryl methyl sites for hydroxylation is 2. The topological polar surface area (TPSA) is 59.4 Å². The number of rotatable bonds is 5. The molecular weight excluding hydrogens is 364 g/mol. The fraction of sp³-hybridized carbons (Fsp3) is 0.304. The summed E-state index contributed by atoms with van der Waals surface area (Å²) in [6.45, 7) is 4.64. The number of para-hydroxylation sites is 1. The van der Waals surface area contributed by atoms with Crippen molar-refractivity contribution in [1.29, 1.82) is 0 Å². The van der Waals surface area contributed by atoms with Crippen molar-refractivity contribution in [2.45, 2.75) is 26.4 Å². The summed E-state index contributed by atoms with van der Waals surface area (Å²) in [5, 5.41) is 8.14. The third-order valence-corrected chi connectivity index (χ3v) is 5.66. The van der Waals surface area contributed by atoms with Gasteiger partial charge in [-0.25, -0.2) is 0 Å². The second-order valence-corrected chi connectivity index (χ2v) is 7.40. The summed E-state index contributed by atoms with van der Waals surface area (Å²) in [4.78, 5) is 15.3. The number of hydrogen-bond acceptors (Lipinski definition) is 4. The molecule has 2 heterocycles. The van der Waals surface area contributed by atoms with E-state index >= 15 is 0 Å². The van der Waals surface area contributed by atoms with Crippen molar-refractivity contribution < 1.29 is 9.53 Å². The lowest BCUT2D eigenvalue weighted by Gasteiger charge is -2.38. The van der Waals surface area contributed by atoms with Crippen molar-refractivity contribution in [3.05, 3.63) is 76.6 Å². The molecule has 1 atom stereocenters. The molecule has 0 radical (unpaired) electrons. The molecule has 2 aromatic carbocycles. The fourth-order valence-corrected chi connectivity index (χ4v) is 3.98. The summed E-state index contributed by atoms with van der Waals surface area (Å²) in [6.07, 6.45) is 0.512. The zero-order chi connectivity index (χ0) is 20.5. The van der Waals surface area contributed by atoms with Crippen LogP contribution in [0.1, 0.15) is 39.0 Å². The van der Waals surface area contributed by atoms with Crippen LogP contribution >= 0.6 is 0 Å². The van der Waals surface area contributed by atoms with Gasteiger partial charge in [-0.3, -0.25) is 9.48 Å². The molecule has 150 valence electrons. The Kier molecular flexibility index (Phi) is 5.01. The molecule has 0 fully saturated rings. The van der Waals surface area contributed by atoms with Crippen LogP contribution in [0.2, 0.25) is 0 Å². The predicted molar refractivity (Wildman–Crippen MR) is 113 cm³/mol. The summed E-state index contributed by atoms with van der Waals surface area (Å²) in [5.74, 6) is 0.874. The number of aromatic nitrogens is 2. The van der Waals surface area contributed by atoms with Crippen LogP contribution in [0.3, 0.4) is 0 Å². The van der Waals surface area contributed by atoms with Crippen LogP contribution < -0.4 is 10.1 Å². The largest absolute Gasteiger partial charge is 0.497 e. The predicted octanol–water partition coefficient (Wildman–Crippen LogP) is 3.85. The Morgan fingerprint density at radius 2 is 1.83 bits per heavy atom. The molecule has 1 aromatic heterocycles. The first-order chi connectivity index (χ1) is 14.0. The number of nitrogens with zero attached hydrogens (tertiary/aromatic N) is 3. The minimum atomic E-state index is -0.246. The summed E-state index contributed by atoms with van der Waals surface area (Å²) in [6, 6.07) is 15.7. The maximum Gasteiger partial charge on any atom is 0.257 e. The van der Waals surface area contributed by atoms with Gasteiger partial charge in [0.1, 0.15) is 11.9 Å². The number of hydrogen-bond donors (Lipinski definition) is 1. The number of ether oxygens (including phenoxy) is 1. The van der Waals surface area contributed by atoms with E-state index in [0.717, 1.165) is 40.4 Å². The van der Waals surface area contributed by atoms with E-state index < -0.39 is 0 Å². The minimum Gasteiger partial charge on any atom is -0.497 e. The fourth-order valence-electron chi connectivity index (χ4n) is 3.98. The van der Waals surface area contributed by atoms with E-state index in [1.54, 1.807) is 7.11 Å². The molecule has 0 saturated heterocycles. The van der Waals surface area contributed by atoms with Gasteiger partial charge in [-0.1, -0.05) is 24.3 Å². The lowest BCUT2D eigenvalue weighted by Crippen LogP contribution is -2.44. The van der Waals surface area contributed by atoms with Crippen molar-refractivity contribution in [3.63, 3.8) is 0 Å². The van der Waals surface area contributed by atoms with Crippen LogP contribution in [0, 0.1) is 13.8 Å². The molecule has 1 aliphatic heterocycles. The molecule has 1 amide bonds. The Morgan fingerprint density at radius 3 is 2.48 bits per heavy atom. The monoisotopic (exact) mass is 390 g/mol. The third-order valence-electron chi connectivity index (χ3n) is 5.66. The molecular formula is C23H26N4O2. The summed E-state index contributed by atoms with van der Waals surface area (Å²) >= 11 is 0. The Bertz CT molecular complexity index is 1040. The maximum absolute atomic E-state index is 13.4. The van der Waals surface area contributed by atoms with Crippen LogP contribution in [0.15, 0.2) is 48.5 Å². The maximum atomic E-state index is 13.4. The van der Waals surface area contributed by atoms with Crippen molar-refractivity contribution in [2.24, 2.45) is 7.05 Å². The Labute approximate surface area is 171 Å². The summed E-state index contributed by atoms with van der Waals surface area (Å²) < 4.78 is 7.11. The second kappa shape index (κ2) is 7.62. The Balaban J connectivity index is 1.68. The molecule has 0 spiro atoms. The number of carbonyl (C=O) groups excluding carboxylic acids is 1. The van der Waals surface area contributed by atoms with Gasteiger partial charge in [0.2, 0.25) is 0 Å². The first kappa shape index (κ1) is 19.1. The normalized spacial score (nSPS) is 15.8. The third kappa shape index (κ3) is 3.46. The number of benzene rings is 2. The van der Waals surface area contributed by atoms with Gasteiger partial charge in [-0.05, 0) is 50.1 Å². The van der Waals surface area contributed by atoms with Crippen molar-refractivity contribution in [1.82, 2.24) is 14.7 Å². The molecule has 0 aliphatic carbocycles. The number of anilines is 1. The highest BCUT2D eigenvalue weighted by Crippen LogP contribution is 2.35. The molecule has 0 saturated carbocycles. The van der Waals surface area contributed by atoms with Crippen molar-refractivity contribution in [3.8, 4) is 5.75 Å². The van der Waals surface area contributed by atoms with E-state index in [1.165, 1.54) is 0 Å². The average Bonchev–Trinajstić information content (AvgIpc) is 2.99. The summed E-state index contributed by atoms with van der Waals surface area (Å²) in [7, 11) is 3.60. The highest BCUT2D eigenvalue weighted by Gasteiger charge is 2.35. The Morgan fingerprint density at radius 1 is 1.10 bits per heavy atom. The van der Waals surface area contributed by atoms with E-state index in [9.17, 15) is 4.79 Å². The number of fused-ring (bicyclic) bond motifs is 1. The van der Waals surface area contributed by atoms with Gasteiger partial charge in [-0.2, -0.15) is 5.10 Å². The average molecular weight is 390 g/mol. The Hall–Kier alpha value is -3.28. The molecule has 4 rings (SSSR count). The standard InChI is InChI=1S/C23H26N4O2/c1-15-21(16(2)26(3)25-15)22-24-20-8-6-5-7-19(20)23(28)27(22)14-13-17-9-11-18(29-4)12-10-17/h5-12,22,24H,13-14H2,1-4H3/t22-/m1/s1. The smallest absolute Gasteiger partial charge is 0.257 e. The van der Waals surface area contributed by atoms with Crippen LogP contribution in [0.4, 0.5) is 5.69 Å². The minimum absolute atomic E-state index is 0.0421. The van der Waals surface area contributed by atoms with Gasteiger partial charge >= 0.3 is 0 Å². The van der Waals surface area contributed by atoms with Crippen LogP contribution in [0.25, 0.3) is 0 Å². The van der Waals surface area contributed by atoms with Gasteiger partial charge in [-0.15, -0.1) is 0 Å². The molecule has 6 nitrogen and oxygen atoms in total. The number of methoxy groups -OCH3 is 1. The zero-order valence-electron chi connectivity index (χ0n) is 17.3. The van der Waals surface area contributed by atoms with Gasteiger partial charge in [0.05, 0.1) is 18.4 Å². The van der Waals surface area contributed by atoms with Crippen LogP contribution in [0.5, 0.6) is 5.75 Å². The molecule has 0 bridgehead atoms. The molecule has 6 heteroatoms. The van der Waals surface area contributed by atoms with Gasteiger partial charge < -0.3 is 15.0 Å². The number of amides is 1. The van der Waals surface area contributed by atoms with Crippen LogP contribution in [-0.2, 0) is 13.5 Å². The lowest BCUT2D eigenvalue weighted by atomic mass is 10.0. The van der Waals surface area contributed by atoms with E-state index in [-0.39, 0.29) is 12.1 Å². The van der Waals surface area contributed by atoms with Gasteiger partial charge in [0.15, 0.2) is 0 Å². The second-order valence-electron chi connectivity index (χ2n) is 7.40. The highest BCUT2D eigenvalue weighted by molar-refractivity contribution is 6.01. The van der Waals surface area contributed by atoms with Crippen LogP contribution in [-0.4, -0.2) is 34.2 Å². The molecule has 1 aliphatic rings. The number of nitrogens with one attached hydrogen (secondary N) is 1. The first-order valence-corrected chi connectivity index (χ1v) is 9.79. The van der Waals surface area contributed by atoms with Gasteiger partial charge in [0.25, 0.3) is 5.91 Å². The van der Waals surface area contributed by atoms with Gasteiger partial charge in [0, 0.05) is 30.5 Å².